The van der Waals surface area contributed by atoms with Gasteiger partial charge in [0.25, 0.3) is 0 Å². The lowest BCUT2D eigenvalue weighted by atomic mass is 9.90. The van der Waals surface area contributed by atoms with Crippen LogP contribution in [0.2, 0.25) is 0 Å². The molecule has 0 saturated carbocycles. The van der Waals surface area contributed by atoms with E-state index in [2.05, 4.69) is 12.2 Å². The maximum Gasteiger partial charge on any atom is 0.131 e. The fourth-order valence-corrected chi connectivity index (χ4v) is 2.88. The second-order valence-corrected chi connectivity index (χ2v) is 5.10. The summed E-state index contributed by atoms with van der Waals surface area (Å²) in [6.45, 7) is 4.55. The van der Waals surface area contributed by atoms with Crippen LogP contribution in [0.3, 0.4) is 0 Å². The van der Waals surface area contributed by atoms with Gasteiger partial charge in [-0.05, 0) is 13.0 Å². The first-order valence-electron chi connectivity index (χ1n) is 7.36. The van der Waals surface area contributed by atoms with E-state index in [9.17, 15) is 0 Å². The molecule has 0 bridgehead atoms. The molecule has 2 atom stereocenters. The molecule has 118 valence electrons. The predicted molar refractivity (Wildman–Crippen MR) is 81.4 cm³/mol. The van der Waals surface area contributed by atoms with E-state index in [0.29, 0.717) is 5.92 Å². The van der Waals surface area contributed by atoms with Gasteiger partial charge < -0.3 is 24.3 Å². The Labute approximate surface area is 126 Å². The van der Waals surface area contributed by atoms with Crippen molar-refractivity contribution in [3.8, 4) is 17.2 Å². The van der Waals surface area contributed by atoms with E-state index in [0.717, 1.165) is 49.0 Å². The summed E-state index contributed by atoms with van der Waals surface area (Å²) < 4.78 is 22.0. The SMILES string of the molecule is CCNC(c1c(OC)cc(OC)cc1OC)C1CCOC1. The van der Waals surface area contributed by atoms with E-state index in [4.69, 9.17) is 18.9 Å². The van der Waals surface area contributed by atoms with Gasteiger partial charge in [-0.25, -0.2) is 0 Å². The third kappa shape index (κ3) is 3.41. The first-order chi connectivity index (χ1) is 10.2. The number of hydrogen-bond donors (Lipinski definition) is 1. The zero-order valence-corrected chi connectivity index (χ0v) is 13.3. The molecule has 1 saturated heterocycles. The van der Waals surface area contributed by atoms with Crippen LogP contribution in [0, 0.1) is 5.92 Å². The summed E-state index contributed by atoms with van der Waals surface area (Å²) in [4.78, 5) is 0. The van der Waals surface area contributed by atoms with E-state index in [1.807, 2.05) is 12.1 Å². The van der Waals surface area contributed by atoms with Crippen molar-refractivity contribution in [2.24, 2.45) is 5.92 Å². The molecule has 1 N–H and O–H groups in total. The van der Waals surface area contributed by atoms with Gasteiger partial charge in [0.2, 0.25) is 0 Å². The van der Waals surface area contributed by atoms with Crippen molar-refractivity contribution in [3.05, 3.63) is 17.7 Å². The van der Waals surface area contributed by atoms with Crippen LogP contribution in [0.1, 0.15) is 24.9 Å². The fraction of sp³-hybridized carbons (Fsp3) is 0.625. The minimum Gasteiger partial charge on any atom is -0.496 e. The molecule has 1 aliphatic rings. The summed E-state index contributed by atoms with van der Waals surface area (Å²) in [6, 6.07) is 3.95. The molecular weight excluding hydrogens is 270 g/mol. The van der Waals surface area contributed by atoms with Gasteiger partial charge in [0, 0.05) is 30.7 Å². The van der Waals surface area contributed by atoms with Crippen molar-refractivity contribution in [2.45, 2.75) is 19.4 Å². The molecule has 5 nitrogen and oxygen atoms in total. The average molecular weight is 295 g/mol. The van der Waals surface area contributed by atoms with Gasteiger partial charge in [-0.2, -0.15) is 0 Å². The van der Waals surface area contributed by atoms with Crippen molar-refractivity contribution in [2.75, 3.05) is 41.1 Å². The van der Waals surface area contributed by atoms with Gasteiger partial charge in [-0.1, -0.05) is 6.92 Å². The third-order valence-corrected chi connectivity index (χ3v) is 3.92. The molecule has 1 fully saturated rings. The maximum atomic E-state index is 5.58. The summed E-state index contributed by atoms with van der Waals surface area (Å²) in [5, 5.41) is 3.55. The van der Waals surface area contributed by atoms with Gasteiger partial charge in [0.15, 0.2) is 0 Å². The summed E-state index contributed by atoms with van der Waals surface area (Å²) >= 11 is 0. The average Bonchev–Trinajstić information content (AvgIpc) is 3.05. The lowest BCUT2D eigenvalue weighted by Gasteiger charge is -2.27. The highest BCUT2D eigenvalue weighted by molar-refractivity contribution is 5.52. The molecule has 1 heterocycles. The number of benzene rings is 1. The van der Waals surface area contributed by atoms with Crippen LogP contribution in [0.25, 0.3) is 0 Å². The van der Waals surface area contributed by atoms with E-state index in [1.165, 1.54) is 0 Å². The molecule has 0 spiro atoms. The highest BCUT2D eigenvalue weighted by Crippen LogP contribution is 2.42. The minimum atomic E-state index is 0.147. The second-order valence-electron chi connectivity index (χ2n) is 5.10. The number of hydrogen-bond acceptors (Lipinski definition) is 5. The fourth-order valence-electron chi connectivity index (χ4n) is 2.88. The van der Waals surface area contributed by atoms with Crippen LogP contribution >= 0.6 is 0 Å². The first kappa shape index (κ1) is 15.9. The van der Waals surface area contributed by atoms with Crippen LogP contribution in [-0.4, -0.2) is 41.1 Å². The zero-order chi connectivity index (χ0) is 15.2. The summed E-state index contributed by atoms with van der Waals surface area (Å²) in [6.07, 6.45) is 1.04. The molecule has 0 aromatic heterocycles. The largest absolute Gasteiger partial charge is 0.496 e. The number of methoxy groups -OCH3 is 3. The number of ether oxygens (including phenoxy) is 4. The van der Waals surface area contributed by atoms with Gasteiger partial charge in [-0.3, -0.25) is 0 Å². The van der Waals surface area contributed by atoms with Crippen molar-refractivity contribution >= 4 is 0 Å². The van der Waals surface area contributed by atoms with E-state index in [-0.39, 0.29) is 6.04 Å². The van der Waals surface area contributed by atoms with Crippen molar-refractivity contribution < 1.29 is 18.9 Å². The second kappa shape index (κ2) is 7.52. The Morgan fingerprint density at radius 3 is 2.29 bits per heavy atom. The first-order valence-corrected chi connectivity index (χ1v) is 7.36. The highest BCUT2D eigenvalue weighted by atomic mass is 16.5. The topological polar surface area (TPSA) is 49.0 Å². The predicted octanol–water partition coefficient (Wildman–Crippen LogP) is 2.40. The summed E-state index contributed by atoms with van der Waals surface area (Å²) in [5.41, 5.74) is 1.04. The van der Waals surface area contributed by atoms with Crippen LogP contribution in [0.5, 0.6) is 17.2 Å². The van der Waals surface area contributed by atoms with Crippen LogP contribution in [-0.2, 0) is 4.74 Å². The van der Waals surface area contributed by atoms with Crippen molar-refractivity contribution in [3.63, 3.8) is 0 Å². The van der Waals surface area contributed by atoms with Gasteiger partial charge in [0.05, 0.1) is 33.5 Å². The van der Waals surface area contributed by atoms with Crippen molar-refractivity contribution in [1.82, 2.24) is 5.32 Å². The molecule has 0 radical (unpaired) electrons. The van der Waals surface area contributed by atoms with E-state index in [1.54, 1.807) is 21.3 Å². The third-order valence-electron chi connectivity index (χ3n) is 3.92. The Kier molecular flexibility index (Phi) is 5.70. The Balaban J connectivity index is 2.46. The smallest absolute Gasteiger partial charge is 0.131 e. The monoisotopic (exact) mass is 295 g/mol. The lowest BCUT2D eigenvalue weighted by Crippen LogP contribution is -2.29. The standard InChI is InChI=1S/C16H25NO4/c1-5-17-16(11-6-7-21-10-11)15-13(19-3)8-12(18-2)9-14(15)20-4/h8-9,11,16-17H,5-7,10H2,1-4H3. The molecule has 1 aromatic carbocycles. The zero-order valence-electron chi connectivity index (χ0n) is 13.3. The molecule has 2 rings (SSSR count). The molecule has 2 unspecified atom stereocenters. The van der Waals surface area contributed by atoms with E-state index >= 15 is 0 Å². The molecule has 1 aliphatic heterocycles. The minimum absolute atomic E-state index is 0.147. The van der Waals surface area contributed by atoms with Gasteiger partial charge >= 0.3 is 0 Å². The van der Waals surface area contributed by atoms with Crippen LogP contribution in [0.15, 0.2) is 12.1 Å². The Bertz CT molecular complexity index is 433. The Morgan fingerprint density at radius 2 is 1.86 bits per heavy atom. The molecule has 1 aromatic rings. The highest BCUT2D eigenvalue weighted by Gasteiger charge is 2.31. The molecular formula is C16H25NO4. The van der Waals surface area contributed by atoms with Crippen LogP contribution in [0.4, 0.5) is 0 Å². The Morgan fingerprint density at radius 1 is 1.19 bits per heavy atom. The molecule has 5 heteroatoms. The van der Waals surface area contributed by atoms with Crippen LogP contribution < -0.4 is 19.5 Å². The van der Waals surface area contributed by atoms with Gasteiger partial charge in [0.1, 0.15) is 17.2 Å². The quantitative estimate of drug-likeness (QED) is 0.837. The molecule has 0 aliphatic carbocycles. The van der Waals surface area contributed by atoms with Gasteiger partial charge in [-0.15, -0.1) is 0 Å². The summed E-state index contributed by atoms with van der Waals surface area (Å²) in [7, 11) is 4.98. The maximum absolute atomic E-state index is 5.58. The molecule has 0 amide bonds. The Hall–Kier alpha value is -1.46. The lowest BCUT2D eigenvalue weighted by molar-refractivity contribution is 0.176. The molecule has 21 heavy (non-hydrogen) atoms. The summed E-state index contributed by atoms with van der Waals surface area (Å²) in [5.74, 6) is 2.71. The normalized spacial score (nSPS) is 19.3. The number of rotatable bonds is 7. The number of nitrogens with one attached hydrogen (secondary N) is 1. The van der Waals surface area contributed by atoms with E-state index < -0.39 is 0 Å². The van der Waals surface area contributed by atoms with Crippen molar-refractivity contribution in [1.29, 1.82) is 0 Å².